The lowest BCUT2D eigenvalue weighted by Gasteiger charge is -2.34. The second-order valence-electron chi connectivity index (χ2n) is 7.16. The van der Waals surface area contributed by atoms with E-state index in [1.165, 1.54) is 31.5 Å². The molecule has 0 aliphatic carbocycles. The SMILES string of the molecule is c1ccc(OCCCN2CCC(C3Cc4ccccc4O3)CC2)cc1. The number of ether oxygens (including phenoxy) is 2. The fraction of sp³-hybridized carbons (Fsp3) is 0.455. The maximum Gasteiger partial charge on any atom is 0.123 e. The van der Waals surface area contributed by atoms with Crippen molar-refractivity contribution in [2.24, 2.45) is 5.92 Å². The van der Waals surface area contributed by atoms with Gasteiger partial charge in [-0.25, -0.2) is 0 Å². The minimum Gasteiger partial charge on any atom is -0.494 e. The average molecular weight is 337 g/mol. The lowest BCUT2D eigenvalue weighted by atomic mass is 9.89. The van der Waals surface area contributed by atoms with Crippen molar-refractivity contribution in [1.29, 1.82) is 0 Å². The van der Waals surface area contributed by atoms with Gasteiger partial charge in [-0.05, 0) is 62.0 Å². The van der Waals surface area contributed by atoms with Crippen molar-refractivity contribution in [3.8, 4) is 11.5 Å². The van der Waals surface area contributed by atoms with E-state index in [2.05, 4.69) is 29.2 Å². The number of fused-ring (bicyclic) bond motifs is 1. The van der Waals surface area contributed by atoms with E-state index >= 15 is 0 Å². The molecule has 0 N–H and O–H groups in total. The molecule has 1 saturated heterocycles. The number of para-hydroxylation sites is 2. The molecule has 2 aromatic rings. The Bertz CT molecular complexity index is 640. The molecule has 1 atom stereocenters. The Morgan fingerprint density at radius 2 is 1.72 bits per heavy atom. The zero-order valence-corrected chi connectivity index (χ0v) is 14.8. The molecule has 2 aliphatic heterocycles. The molecule has 1 unspecified atom stereocenters. The molecule has 0 amide bonds. The first kappa shape index (κ1) is 16.5. The number of piperidine rings is 1. The van der Waals surface area contributed by atoms with E-state index in [-0.39, 0.29) is 0 Å². The molecule has 2 aliphatic rings. The molecule has 0 spiro atoms. The van der Waals surface area contributed by atoms with Crippen LogP contribution in [0.1, 0.15) is 24.8 Å². The number of likely N-dealkylation sites (tertiary alicyclic amines) is 1. The number of hydrogen-bond donors (Lipinski definition) is 0. The van der Waals surface area contributed by atoms with Gasteiger partial charge in [0.25, 0.3) is 0 Å². The van der Waals surface area contributed by atoms with E-state index in [4.69, 9.17) is 9.47 Å². The van der Waals surface area contributed by atoms with Gasteiger partial charge in [-0.1, -0.05) is 36.4 Å². The van der Waals surface area contributed by atoms with Gasteiger partial charge in [0.15, 0.2) is 0 Å². The highest BCUT2D eigenvalue weighted by Gasteiger charge is 2.32. The minimum absolute atomic E-state index is 0.390. The van der Waals surface area contributed by atoms with E-state index in [0.29, 0.717) is 12.0 Å². The monoisotopic (exact) mass is 337 g/mol. The lowest BCUT2D eigenvalue weighted by molar-refractivity contribution is 0.0887. The maximum atomic E-state index is 6.19. The molecule has 25 heavy (non-hydrogen) atoms. The van der Waals surface area contributed by atoms with Crippen molar-refractivity contribution in [3.05, 3.63) is 60.2 Å². The zero-order chi connectivity index (χ0) is 16.9. The Balaban J connectivity index is 1.16. The van der Waals surface area contributed by atoms with Crippen LogP contribution in [0.3, 0.4) is 0 Å². The fourth-order valence-corrected chi connectivity index (χ4v) is 4.02. The van der Waals surface area contributed by atoms with Crippen LogP contribution in [0.15, 0.2) is 54.6 Å². The summed E-state index contributed by atoms with van der Waals surface area (Å²) in [5.74, 6) is 2.77. The van der Waals surface area contributed by atoms with Gasteiger partial charge in [-0.2, -0.15) is 0 Å². The van der Waals surface area contributed by atoms with Crippen molar-refractivity contribution in [3.63, 3.8) is 0 Å². The van der Waals surface area contributed by atoms with Crippen LogP contribution < -0.4 is 9.47 Å². The Kier molecular flexibility index (Phi) is 5.22. The highest BCUT2D eigenvalue weighted by atomic mass is 16.5. The Morgan fingerprint density at radius 3 is 2.52 bits per heavy atom. The normalized spacial score (nSPS) is 20.9. The molecule has 3 nitrogen and oxygen atoms in total. The van der Waals surface area contributed by atoms with Crippen molar-refractivity contribution < 1.29 is 9.47 Å². The van der Waals surface area contributed by atoms with Crippen LogP contribution in [0.5, 0.6) is 11.5 Å². The summed E-state index contributed by atoms with van der Waals surface area (Å²) in [5.41, 5.74) is 1.38. The topological polar surface area (TPSA) is 21.7 Å². The summed E-state index contributed by atoms with van der Waals surface area (Å²) >= 11 is 0. The largest absolute Gasteiger partial charge is 0.494 e. The highest BCUT2D eigenvalue weighted by Crippen LogP contribution is 2.34. The van der Waals surface area contributed by atoms with Crippen molar-refractivity contribution in [2.45, 2.75) is 31.8 Å². The summed E-state index contributed by atoms with van der Waals surface area (Å²) in [6.45, 7) is 4.30. The number of nitrogens with zero attached hydrogens (tertiary/aromatic N) is 1. The minimum atomic E-state index is 0.390. The average Bonchev–Trinajstić information content (AvgIpc) is 3.11. The van der Waals surface area contributed by atoms with Gasteiger partial charge in [0, 0.05) is 13.0 Å². The summed E-state index contributed by atoms with van der Waals surface area (Å²) in [6, 6.07) is 18.6. The molecule has 2 heterocycles. The van der Waals surface area contributed by atoms with Crippen LogP contribution >= 0.6 is 0 Å². The fourth-order valence-electron chi connectivity index (χ4n) is 4.02. The summed E-state index contributed by atoms with van der Waals surface area (Å²) < 4.78 is 12.0. The van der Waals surface area contributed by atoms with E-state index in [9.17, 15) is 0 Å². The molecule has 3 heteroatoms. The highest BCUT2D eigenvalue weighted by molar-refractivity contribution is 5.37. The van der Waals surface area contributed by atoms with Crippen LogP contribution in [0.4, 0.5) is 0 Å². The van der Waals surface area contributed by atoms with E-state index < -0.39 is 0 Å². The van der Waals surface area contributed by atoms with Crippen LogP contribution in [0.25, 0.3) is 0 Å². The zero-order valence-electron chi connectivity index (χ0n) is 14.8. The number of hydrogen-bond acceptors (Lipinski definition) is 3. The van der Waals surface area contributed by atoms with Gasteiger partial charge in [-0.15, -0.1) is 0 Å². The summed E-state index contributed by atoms with van der Waals surface area (Å²) in [4.78, 5) is 2.58. The van der Waals surface area contributed by atoms with Gasteiger partial charge in [0.05, 0.1) is 6.61 Å². The predicted molar refractivity (Wildman–Crippen MR) is 100 cm³/mol. The maximum absolute atomic E-state index is 6.19. The third kappa shape index (κ3) is 4.16. The third-order valence-electron chi connectivity index (χ3n) is 5.46. The van der Waals surface area contributed by atoms with Gasteiger partial charge >= 0.3 is 0 Å². The van der Waals surface area contributed by atoms with Crippen molar-refractivity contribution >= 4 is 0 Å². The van der Waals surface area contributed by atoms with Crippen molar-refractivity contribution in [1.82, 2.24) is 4.90 Å². The number of benzene rings is 2. The summed E-state index contributed by atoms with van der Waals surface area (Å²) in [5, 5.41) is 0. The molecule has 2 aromatic carbocycles. The Morgan fingerprint density at radius 1 is 0.960 bits per heavy atom. The molecule has 0 saturated carbocycles. The first-order chi connectivity index (χ1) is 12.4. The first-order valence-electron chi connectivity index (χ1n) is 9.53. The Labute approximate surface area is 150 Å². The molecule has 0 radical (unpaired) electrons. The van der Waals surface area contributed by atoms with Gasteiger partial charge in [0.2, 0.25) is 0 Å². The Hall–Kier alpha value is -2.00. The molecular weight excluding hydrogens is 310 g/mol. The van der Waals surface area contributed by atoms with E-state index in [0.717, 1.165) is 37.5 Å². The molecular formula is C22H27NO2. The second kappa shape index (κ2) is 7.92. The van der Waals surface area contributed by atoms with Gasteiger partial charge < -0.3 is 14.4 Å². The van der Waals surface area contributed by atoms with Crippen LogP contribution in [-0.4, -0.2) is 37.2 Å². The molecule has 0 aromatic heterocycles. The standard InChI is InChI=1S/C22H27NO2/c1-2-8-20(9-3-1)24-16-6-13-23-14-11-18(12-15-23)22-17-19-7-4-5-10-21(19)25-22/h1-5,7-10,18,22H,6,11-17H2. The van der Waals surface area contributed by atoms with E-state index in [1.54, 1.807) is 0 Å². The van der Waals surface area contributed by atoms with Crippen molar-refractivity contribution in [2.75, 3.05) is 26.2 Å². The molecule has 4 rings (SSSR count). The molecule has 0 bridgehead atoms. The number of rotatable bonds is 6. The first-order valence-corrected chi connectivity index (χ1v) is 9.53. The van der Waals surface area contributed by atoms with Crippen LogP contribution in [0, 0.1) is 5.92 Å². The smallest absolute Gasteiger partial charge is 0.123 e. The van der Waals surface area contributed by atoms with Crippen LogP contribution in [0.2, 0.25) is 0 Å². The summed E-state index contributed by atoms with van der Waals surface area (Å²) in [6.07, 6.45) is 5.06. The third-order valence-corrected chi connectivity index (χ3v) is 5.46. The quantitative estimate of drug-likeness (QED) is 0.739. The van der Waals surface area contributed by atoms with Gasteiger partial charge in [0.1, 0.15) is 17.6 Å². The second-order valence-corrected chi connectivity index (χ2v) is 7.16. The van der Waals surface area contributed by atoms with E-state index in [1.807, 2.05) is 30.3 Å². The van der Waals surface area contributed by atoms with Gasteiger partial charge in [-0.3, -0.25) is 0 Å². The molecule has 1 fully saturated rings. The van der Waals surface area contributed by atoms with Crippen LogP contribution in [-0.2, 0) is 6.42 Å². The predicted octanol–water partition coefficient (Wildman–Crippen LogP) is 4.17. The molecule has 132 valence electrons. The lowest BCUT2D eigenvalue weighted by Crippen LogP contribution is -2.39. The summed E-state index contributed by atoms with van der Waals surface area (Å²) in [7, 11) is 0.